The maximum Gasteiger partial charge on any atom is 0.132 e. The predicted octanol–water partition coefficient (Wildman–Crippen LogP) is 5.48. The number of aromatic nitrogens is 1. The zero-order chi connectivity index (χ0) is 19.7. The summed E-state index contributed by atoms with van der Waals surface area (Å²) in [5.74, 6) is 2.15. The van der Waals surface area contributed by atoms with Gasteiger partial charge in [-0.2, -0.15) is 0 Å². The van der Waals surface area contributed by atoms with E-state index in [2.05, 4.69) is 37.3 Å². The molecular weight excluding hydrogens is 348 g/mol. The minimum absolute atomic E-state index is 0.529. The van der Waals surface area contributed by atoms with Gasteiger partial charge in [-0.25, -0.2) is 4.98 Å². The van der Waals surface area contributed by atoms with Crippen molar-refractivity contribution in [1.82, 2.24) is 4.98 Å². The van der Waals surface area contributed by atoms with Crippen LogP contribution in [0.3, 0.4) is 0 Å². The summed E-state index contributed by atoms with van der Waals surface area (Å²) in [4.78, 5) is 4.79. The van der Waals surface area contributed by atoms with Gasteiger partial charge in [-0.05, 0) is 60.3 Å². The highest BCUT2D eigenvalue weighted by Gasteiger charge is 2.16. The number of rotatable bonds is 4. The lowest BCUT2D eigenvalue weighted by molar-refractivity contribution is 0.414. The quantitative estimate of drug-likeness (QED) is 0.517. The molecular formula is C24H22N2O2. The van der Waals surface area contributed by atoms with Crippen LogP contribution >= 0.6 is 0 Å². The van der Waals surface area contributed by atoms with Crippen molar-refractivity contribution in [3.8, 4) is 33.9 Å². The minimum atomic E-state index is 0.529. The van der Waals surface area contributed by atoms with Crippen molar-refractivity contribution >= 4 is 16.6 Å². The van der Waals surface area contributed by atoms with E-state index in [1.807, 2.05) is 36.4 Å². The fourth-order valence-electron chi connectivity index (χ4n) is 3.46. The van der Waals surface area contributed by atoms with Crippen molar-refractivity contribution in [2.24, 2.45) is 0 Å². The number of nitrogens with two attached hydrogens (primary N) is 1. The number of fused-ring (bicyclic) bond motifs is 1. The first-order chi connectivity index (χ1) is 13.6. The van der Waals surface area contributed by atoms with Crippen LogP contribution in [-0.4, -0.2) is 19.2 Å². The highest BCUT2D eigenvalue weighted by molar-refractivity contribution is 6.07. The lowest BCUT2D eigenvalue weighted by atomic mass is 9.93. The van der Waals surface area contributed by atoms with Crippen LogP contribution in [0.4, 0.5) is 5.82 Å². The molecule has 140 valence electrons. The number of anilines is 1. The van der Waals surface area contributed by atoms with Crippen molar-refractivity contribution in [2.45, 2.75) is 6.92 Å². The highest BCUT2D eigenvalue weighted by Crippen LogP contribution is 2.39. The minimum Gasteiger partial charge on any atom is -0.497 e. The predicted molar refractivity (Wildman–Crippen MR) is 115 cm³/mol. The van der Waals surface area contributed by atoms with Gasteiger partial charge in [-0.3, -0.25) is 0 Å². The smallest absolute Gasteiger partial charge is 0.132 e. The Hall–Kier alpha value is -3.53. The Morgan fingerprint density at radius 1 is 0.714 bits per heavy atom. The Bertz CT molecular complexity index is 1130. The van der Waals surface area contributed by atoms with Crippen LogP contribution in [0.15, 0.2) is 66.7 Å². The number of methoxy groups -OCH3 is 2. The third-order valence-corrected chi connectivity index (χ3v) is 4.93. The van der Waals surface area contributed by atoms with Gasteiger partial charge in [0.1, 0.15) is 17.3 Å². The van der Waals surface area contributed by atoms with Gasteiger partial charge < -0.3 is 15.2 Å². The first kappa shape index (κ1) is 17.9. The fraction of sp³-hybridized carbons (Fsp3) is 0.125. The molecule has 1 aromatic heterocycles. The van der Waals surface area contributed by atoms with E-state index < -0.39 is 0 Å². The summed E-state index contributed by atoms with van der Waals surface area (Å²) >= 11 is 0. The van der Waals surface area contributed by atoms with E-state index >= 15 is 0 Å². The molecule has 0 aliphatic heterocycles. The maximum atomic E-state index is 6.36. The number of aryl methyl sites for hydroxylation is 1. The molecule has 0 saturated heterocycles. The van der Waals surface area contributed by atoms with Crippen molar-refractivity contribution in [2.75, 3.05) is 20.0 Å². The molecule has 28 heavy (non-hydrogen) atoms. The normalized spacial score (nSPS) is 10.8. The number of benzene rings is 3. The van der Waals surface area contributed by atoms with E-state index in [0.29, 0.717) is 5.82 Å². The maximum absolute atomic E-state index is 6.36. The van der Waals surface area contributed by atoms with Crippen molar-refractivity contribution in [3.63, 3.8) is 0 Å². The Balaban J connectivity index is 2.03. The Kier molecular flexibility index (Phi) is 4.62. The number of nitrogens with zero attached hydrogens (tertiary/aromatic N) is 1. The van der Waals surface area contributed by atoms with Gasteiger partial charge in [0.05, 0.1) is 19.9 Å². The molecule has 0 spiro atoms. The first-order valence-corrected chi connectivity index (χ1v) is 9.09. The highest BCUT2D eigenvalue weighted by atomic mass is 16.5. The van der Waals surface area contributed by atoms with Gasteiger partial charge in [0.25, 0.3) is 0 Å². The molecule has 0 unspecified atom stereocenters. The SMILES string of the molecule is COc1ccc(-c2nc(N)c3cc(C)ccc3c2-c2ccc(OC)cc2)cc1. The summed E-state index contributed by atoms with van der Waals surface area (Å²) in [5.41, 5.74) is 11.5. The summed E-state index contributed by atoms with van der Waals surface area (Å²) < 4.78 is 10.6. The Labute approximate surface area is 164 Å². The molecule has 0 atom stereocenters. The zero-order valence-corrected chi connectivity index (χ0v) is 16.2. The van der Waals surface area contributed by atoms with Crippen LogP contribution in [0.1, 0.15) is 5.56 Å². The van der Waals surface area contributed by atoms with Gasteiger partial charge in [-0.15, -0.1) is 0 Å². The molecule has 4 aromatic rings. The molecule has 0 aliphatic carbocycles. The molecule has 2 N–H and O–H groups in total. The van der Waals surface area contributed by atoms with Gasteiger partial charge >= 0.3 is 0 Å². The largest absolute Gasteiger partial charge is 0.497 e. The van der Waals surface area contributed by atoms with E-state index in [1.165, 1.54) is 0 Å². The molecule has 0 amide bonds. The number of pyridine rings is 1. The van der Waals surface area contributed by atoms with Crippen LogP contribution < -0.4 is 15.2 Å². The average Bonchev–Trinajstić information content (AvgIpc) is 2.74. The first-order valence-electron chi connectivity index (χ1n) is 9.09. The second kappa shape index (κ2) is 7.24. The van der Waals surface area contributed by atoms with Crippen LogP contribution in [-0.2, 0) is 0 Å². The molecule has 0 saturated carbocycles. The molecule has 0 radical (unpaired) electrons. The number of ether oxygens (including phenoxy) is 2. The molecule has 0 fully saturated rings. The summed E-state index contributed by atoms with van der Waals surface area (Å²) in [6, 6.07) is 22.2. The van der Waals surface area contributed by atoms with E-state index in [1.54, 1.807) is 14.2 Å². The van der Waals surface area contributed by atoms with Gasteiger partial charge in [0, 0.05) is 16.5 Å². The molecule has 0 bridgehead atoms. The third-order valence-electron chi connectivity index (χ3n) is 4.93. The third kappa shape index (κ3) is 3.14. The van der Waals surface area contributed by atoms with Crippen molar-refractivity contribution in [3.05, 3.63) is 72.3 Å². The molecule has 4 nitrogen and oxygen atoms in total. The lowest BCUT2D eigenvalue weighted by Crippen LogP contribution is -1.99. The standard InChI is InChI=1S/C24H22N2O2/c1-15-4-13-20-21(14-15)24(25)26-23(17-7-11-19(28-3)12-8-17)22(20)16-5-9-18(27-2)10-6-16/h4-14H,1-3H3,(H2,25,26). The molecule has 4 heteroatoms. The second-order valence-electron chi connectivity index (χ2n) is 6.73. The van der Waals surface area contributed by atoms with Gasteiger partial charge in [0.15, 0.2) is 0 Å². The van der Waals surface area contributed by atoms with Crippen molar-refractivity contribution in [1.29, 1.82) is 0 Å². The summed E-state index contributed by atoms with van der Waals surface area (Å²) in [5, 5.41) is 2.04. The van der Waals surface area contributed by atoms with E-state index in [0.717, 1.165) is 50.2 Å². The lowest BCUT2D eigenvalue weighted by Gasteiger charge is -2.16. The fourth-order valence-corrected chi connectivity index (χ4v) is 3.46. The van der Waals surface area contributed by atoms with Crippen LogP contribution in [0.25, 0.3) is 33.2 Å². The Morgan fingerprint density at radius 3 is 1.86 bits per heavy atom. The topological polar surface area (TPSA) is 57.4 Å². The van der Waals surface area contributed by atoms with Crippen LogP contribution in [0.2, 0.25) is 0 Å². The van der Waals surface area contributed by atoms with E-state index in [9.17, 15) is 0 Å². The number of hydrogen-bond donors (Lipinski definition) is 1. The average molecular weight is 370 g/mol. The van der Waals surface area contributed by atoms with Crippen LogP contribution in [0.5, 0.6) is 11.5 Å². The summed E-state index contributed by atoms with van der Waals surface area (Å²) in [7, 11) is 3.33. The number of hydrogen-bond acceptors (Lipinski definition) is 4. The van der Waals surface area contributed by atoms with Crippen LogP contribution in [0, 0.1) is 6.92 Å². The molecule has 3 aromatic carbocycles. The molecule has 4 rings (SSSR count). The summed E-state index contributed by atoms with van der Waals surface area (Å²) in [6.45, 7) is 2.06. The van der Waals surface area contributed by atoms with E-state index in [-0.39, 0.29) is 0 Å². The number of nitrogen functional groups attached to an aromatic ring is 1. The monoisotopic (exact) mass is 370 g/mol. The molecule has 0 aliphatic rings. The van der Waals surface area contributed by atoms with Gasteiger partial charge in [0.2, 0.25) is 0 Å². The summed E-state index contributed by atoms with van der Waals surface area (Å²) in [6.07, 6.45) is 0. The van der Waals surface area contributed by atoms with Crippen molar-refractivity contribution < 1.29 is 9.47 Å². The second-order valence-corrected chi connectivity index (χ2v) is 6.73. The van der Waals surface area contributed by atoms with Gasteiger partial charge in [-0.1, -0.05) is 29.8 Å². The van der Waals surface area contributed by atoms with E-state index in [4.69, 9.17) is 20.2 Å². The molecule has 1 heterocycles. The Morgan fingerprint density at radius 2 is 1.29 bits per heavy atom. The zero-order valence-electron chi connectivity index (χ0n) is 16.2.